The van der Waals surface area contributed by atoms with Gasteiger partial charge < -0.3 is 59.8 Å². The summed E-state index contributed by atoms with van der Waals surface area (Å²) in [5.41, 5.74) is 0. The van der Waals surface area contributed by atoms with Crippen molar-refractivity contribution in [3.8, 4) is 0 Å². The first-order valence-electron chi connectivity index (χ1n) is 8.84. The van der Waals surface area contributed by atoms with Crippen LogP contribution in [0.25, 0.3) is 0 Å². The fourth-order valence-electron chi connectivity index (χ4n) is 0.925. The van der Waals surface area contributed by atoms with Crippen LogP contribution in [0.3, 0.4) is 0 Å². The van der Waals surface area contributed by atoms with Crippen LogP contribution in [0.1, 0.15) is 0 Å². The largest absolute Gasteiger partial charge is 0.394 e. The molecular weight excluding hydrogens is 475 g/mol. The molecule has 0 aromatic carbocycles. The zero-order valence-corrected chi connectivity index (χ0v) is 19.5. The molecule has 29 heavy (non-hydrogen) atoms. The van der Waals surface area contributed by atoms with Crippen molar-refractivity contribution >= 4 is 0 Å². The zero-order chi connectivity index (χ0) is 22.1. The van der Waals surface area contributed by atoms with Crippen molar-refractivity contribution in [3.63, 3.8) is 0 Å². The van der Waals surface area contributed by atoms with Gasteiger partial charge in [-0.3, -0.25) is 0 Å². The summed E-state index contributed by atoms with van der Waals surface area (Å²) >= 11 is 0. The Kier molecular flexibility index (Phi) is 70.4. The molecule has 8 N–H and O–H groups in total. The fraction of sp³-hybridized carbons (Fsp3) is 1.00. The molecule has 0 amide bonds. The van der Waals surface area contributed by atoms with Gasteiger partial charge in [-0.05, 0) is 0 Å². The summed E-state index contributed by atoms with van der Waals surface area (Å²) in [7, 11) is 0. The molecule has 0 aliphatic carbocycles. The summed E-state index contributed by atoms with van der Waals surface area (Å²) in [5.74, 6) is 0. The van der Waals surface area contributed by atoms with Crippen molar-refractivity contribution in [1.29, 1.82) is 0 Å². The van der Waals surface area contributed by atoms with Gasteiger partial charge in [0.05, 0.1) is 106 Å². The SMILES string of the molecule is OCCOCCO.OCCOCCO.OCCOCCO.OCCOCCO.[Zr]. The first kappa shape index (κ1) is 39.8. The Labute approximate surface area is 191 Å². The Hall–Kier alpha value is 0.403. The van der Waals surface area contributed by atoms with Crippen LogP contribution in [-0.4, -0.2) is 147 Å². The van der Waals surface area contributed by atoms with E-state index in [1.807, 2.05) is 0 Å². The first-order chi connectivity index (χ1) is 13.7. The van der Waals surface area contributed by atoms with Crippen LogP contribution in [-0.2, 0) is 45.2 Å². The maximum atomic E-state index is 8.09. The second kappa shape index (κ2) is 51.2. The molecule has 0 aromatic rings. The molecule has 0 rings (SSSR count). The summed E-state index contributed by atoms with van der Waals surface area (Å²) in [5, 5.41) is 64.7. The van der Waals surface area contributed by atoms with E-state index in [0.717, 1.165) is 0 Å². The minimum Gasteiger partial charge on any atom is -0.394 e. The Morgan fingerprint density at radius 3 is 0.448 bits per heavy atom. The molecule has 0 saturated carbocycles. The molecule has 180 valence electrons. The number of hydrogen-bond donors (Lipinski definition) is 8. The predicted octanol–water partition coefficient (Wildman–Crippen LogP) is -4.05. The summed E-state index contributed by atoms with van der Waals surface area (Å²) in [6.07, 6.45) is 0. The summed E-state index contributed by atoms with van der Waals surface area (Å²) in [6.45, 7) is 2.78. The molecule has 0 bridgehead atoms. The molecule has 0 radical (unpaired) electrons. The van der Waals surface area contributed by atoms with Crippen molar-refractivity contribution in [1.82, 2.24) is 0 Å². The third-order valence-corrected chi connectivity index (χ3v) is 1.88. The Bertz CT molecular complexity index is 151. The van der Waals surface area contributed by atoms with Gasteiger partial charge in [-0.25, -0.2) is 0 Å². The van der Waals surface area contributed by atoms with Gasteiger partial charge in [0.15, 0.2) is 0 Å². The molecule has 0 aromatic heterocycles. The molecular formula is C16H40O12Zr. The van der Waals surface area contributed by atoms with Gasteiger partial charge in [0.25, 0.3) is 0 Å². The van der Waals surface area contributed by atoms with Crippen LogP contribution >= 0.6 is 0 Å². The smallest absolute Gasteiger partial charge is 0.0698 e. The van der Waals surface area contributed by atoms with Gasteiger partial charge in [-0.2, -0.15) is 0 Å². The molecule has 0 spiro atoms. The van der Waals surface area contributed by atoms with Crippen molar-refractivity contribution in [2.45, 2.75) is 0 Å². The Morgan fingerprint density at radius 1 is 0.276 bits per heavy atom. The molecule has 0 heterocycles. The minimum absolute atomic E-state index is 0. The van der Waals surface area contributed by atoms with Crippen molar-refractivity contribution in [2.75, 3.05) is 106 Å². The van der Waals surface area contributed by atoms with E-state index in [1.54, 1.807) is 0 Å². The van der Waals surface area contributed by atoms with E-state index in [0.29, 0.717) is 52.9 Å². The Balaban J connectivity index is -0.0000000873. The topological polar surface area (TPSA) is 199 Å². The van der Waals surface area contributed by atoms with Gasteiger partial charge in [-0.1, -0.05) is 0 Å². The number of ether oxygens (including phenoxy) is 4. The van der Waals surface area contributed by atoms with E-state index in [9.17, 15) is 0 Å². The Morgan fingerprint density at radius 2 is 0.379 bits per heavy atom. The van der Waals surface area contributed by atoms with E-state index in [1.165, 1.54) is 0 Å². The molecule has 0 fully saturated rings. The second-order valence-electron chi connectivity index (χ2n) is 4.24. The second-order valence-corrected chi connectivity index (χ2v) is 4.24. The van der Waals surface area contributed by atoms with Crippen molar-refractivity contribution in [3.05, 3.63) is 0 Å². The first-order valence-corrected chi connectivity index (χ1v) is 8.84. The van der Waals surface area contributed by atoms with Crippen LogP contribution < -0.4 is 0 Å². The van der Waals surface area contributed by atoms with Crippen LogP contribution in [0.5, 0.6) is 0 Å². The number of hydrogen-bond acceptors (Lipinski definition) is 12. The maximum Gasteiger partial charge on any atom is 0.0698 e. The fourth-order valence-corrected chi connectivity index (χ4v) is 0.925. The monoisotopic (exact) mass is 514 g/mol. The van der Waals surface area contributed by atoms with Crippen LogP contribution in [0.4, 0.5) is 0 Å². The molecule has 0 atom stereocenters. The summed E-state index contributed by atoms with van der Waals surface area (Å²) < 4.78 is 18.5. The zero-order valence-electron chi connectivity index (χ0n) is 17.0. The average molecular weight is 516 g/mol. The maximum absolute atomic E-state index is 8.09. The van der Waals surface area contributed by atoms with E-state index in [2.05, 4.69) is 18.9 Å². The van der Waals surface area contributed by atoms with Gasteiger partial charge in [0.2, 0.25) is 0 Å². The van der Waals surface area contributed by atoms with Crippen LogP contribution in [0.15, 0.2) is 0 Å². The molecule has 12 nitrogen and oxygen atoms in total. The predicted molar refractivity (Wildman–Crippen MR) is 100.0 cm³/mol. The summed E-state index contributed by atoms with van der Waals surface area (Å²) in [4.78, 5) is 0. The molecule has 0 unspecified atom stereocenters. The van der Waals surface area contributed by atoms with Crippen LogP contribution in [0, 0.1) is 0 Å². The van der Waals surface area contributed by atoms with Gasteiger partial charge in [0, 0.05) is 26.2 Å². The standard InChI is InChI=1S/4C4H10O3.Zr/c4*5-1-3-7-4-2-6;/h4*5-6H,1-4H2;. The van der Waals surface area contributed by atoms with E-state index in [4.69, 9.17) is 40.9 Å². The van der Waals surface area contributed by atoms with E-state index < -0.39 is 0 Å². The third kappa shape index (κ3) is 73.6. The number of rotatable bonds is 16. The third-order valence-electron chi connectivity index (χ3n) is 1.88. The number of aliphatic hydroxyl groups is 8. The number of aliphatic hydroxyl groups excluding tert-OH is 8. The molecule has 13 heteroatoms. The molecule has 0 aliphatic heterocycles. The molecule has 0 saturated heterocycles. The quantitative estimate of drug-likeness (QED) is 0.0927. The van der Waals surface area contributed by atoms with Crippen molar-refractivity contribution < 1.29 is 86.0 Å². The van der Waals surface area contributed by atoms with Crippen LogP contribution in [0.2, 0.25) is 0 Å². The summed E-state index contributed by atoms with van der Waals surface area (Å²) in [6, 6.07) is 0. The van der Waals surface area contributed by atoms with E-state index in [-0.39, 0.29) is 79.1 Å². The normalized spacial score (nSPS) is 9.10. The molecule has 0 aliphatic rings. The van der Waals surface area contributed by atoms with Gasteiger partial charge >= 0.3 is 0 Å². The van der Waals surface area contributed by atoms with E-state index >= 15 is 0 Å². The van der Waals surface area contributed by atoms with Crippen molar-refractivity contribution in [2.24, 2.45) is 0 Å². The average Bonchev–Trinajstić information content (AvgIpc) is 2.71. The minimum atomic E-state index is 0. The van der Waals surface area contributed by atoms with Gasteiger partial charge in [-0.15, -0.1) is 0 Å². The van der Waals surface area contributed by atoms with Gasteiger partial charge in [0.1, 0.15) is 0 Å².